The van der Waals surface area contributed by atoms with Gasteiger partial charge in [0.25, 0.3) is 0 Å². The fourth-order valence-electron chi connectivity index (χ4n) is 1.91. The Labute approximate surface area is 109 Å². The van der Waals surface area contributed by atoms with Crippen LogP contribution in [0.3, 0.4) is 0 Å². The molecule has 1 atom stereocenters. The van der Waals surface area contributed by atoms with Crippen LogP contribution in [0.4, 0.5) is 4.39 Å². The first-order chi connectivity index (χ1) is 8.58. The highest BCUT2D eigenvalue weighted by atomic mass is 35.5. The number of benzene rings is 1. The van der Waals surface area contributed by atoms with Crippen molar-refractivity contribution in [1.82, 2.24) is 4.90 Å². The first-order valence-corrected chi connectivity index (χ1v) is 5.95. The van der Waals surface area contributed by atoms with Gasteiger partial charge in [-0.2, -0.15) is 0 Å². The summed E-state index contributed by atoms with van der Waals surface area (Å²) in [6.07, 6.45) is -0.828. The number of carboxylic acids is 1. The minimum absolute atomic E-state index is 0.0934. The van der Waals surface area contributed by atoms with Crippen molar-refractivity contribution in [2.75, 3.05) is 19.7 Å². The van der Waals surface area contributed by atoms with Crippen LogP contribution in [0.1, 0.15) is 5.56 Å². The van der Waals surface area contributed by atoms with Crippen LogP contribution in [0.15, 0.2) is 18.2 Å². The highest BCUT2D eigenvalue weighted by Crippen LogP contribution is 2.22. The van der Waals surface area contributed by atoms with Gasteiger partial charge in [-0.05, 0) is 11.6 Å². The predicted octanol–water partition coefficient (Wildman–Crippen LogP) is 1.76. The molecule has 2 rings (SSSR count). The molecule has 6 heteroatoms. The average Bonchev–Trinajstić information content (AvgIpc) is 2.35. The van der Waals surface area contributed by atoms with Gasteiger partial charge in [0, 0.05) is 19.6 Å². The van der Waals surface area contributed by atoms with Gasteiger partial charge < -0.3 is 9.84 Å². The SMILES string of the molecule is O=C(O)C1CN(Cc2cccc(F)c2Cl)CCO1. The second-order valence-corrected chi connectivity index (χ2v) is 4.52. The van der Waals surface area contributed by atoms with Crippen LogP contribution in [0, 0.1) is 5.82 Å². The molecule has 0 amide bonds. The lowest BCUT2D eigenvalue weighted by molar-refractivity contribution is -0.156. The third-order valence-electron chi connectivity index (χ3n) is 2.85. The maximum absolute atomic E-state index is 13.3. The molecule has 1 aromatic rings. The maximum atomic E-state index is 13.3. The number of ether oxygens (including phenoxy) is 1. The Morgan fingerprint density at radius 3 is 3.11 bits per heavy atom. The summed E-state index contributed by atoms with van der Waals surface area (Å²) in [5.74, 6) is -1.44. The quantitative estimate of drug-likeness (QED) is 0.912. The van der Waals surface area contributed by atoms with Crippen molar-refractivity contribution in [3.63, 3.8) is 0 Å². The molecular weight excluding hydrogens is 261 g/mol. The molecule has 1 aromatic carbocycles. The molecule has 18 heavy (non-hydrogen) atoms. The summed E-state index contributed by atoms with van der Waals surface area (Å²) in [5.41, 5.74) is 0.655. The zero-order chi connectivity index (χ0) is 13.1. The largest absolute Gasteiger partial charge is 0.479 e. The van der Waals surface area contributed by atoms with E-state index >= 15 is 0 Å². The highest BCUT2D eigenvalue weighted by Gasteiger charge is 2.26. The predicted molar refractivity (Wildman–Crippen MR) is 64.1 cm³/mol. The number of hydrogen-bond acceptors (Lipinski definition) is 3. The third-order valence-corrected chi connectivity index (χ3v) is 3.27. The molecular formula is C12H13ClFNO3. The second kappa shape index (κ2) is 5.65. The maximum Gasteiger partial charge on any atom is 0.334 e. The number of nitrogens with zero attached hydrogens (tertiary/aromatic N) is 1. The minimum atomic E-state index is -0.981. The van der Waals surface area contributed by atoms with Gasteiger partial charge >= 0.3 is 5.97 Å². The van der Waals surface area contributed by atoms with Gasteiger partial charge in [0.15, 0.2) is 6.10 Å². The Bertz CT molecular complexity index is 455. The molecule has 98 valence electrons. The molecule has 1 aliphatic heterocycles. The van der Waals surface area contributed by atoms with E-state index in [1.54, 1.807) is 12.1 Å². The van der Waals surface area contributed by atoms with E-state index in [-0.39, 0.29) is 11.6 Å². The van der Waals surface area contributed by atoms with E-state index in [1.807, 2.05) is 4.90 Å². The van der Waals surface area contributed by atoms with Gasteiger partial charge in [-0.15, -0.1) is 0 Å². The summed E-state index contributed by atoms with van der Waals surface area (Å²) in [4.78, 5) is 12.7. The van der Waals surface area contributed by atoms with Crippen molar-refractivity contribution in [3.8, 4) is 0 Å². The van der Waals surface area contributed by atoms with Gasteiger partial charge in [0.1, 0.15) is 5.82 Å². The summed E-state index contributed by atoms with van der Waals surface area (Å²) in [7, 11) is 0. The summed E-state index contributed by atoms with van der Waals surface area (Å²) in [6.45, 7) is 1.66. The molecule has 0 aromatic heterocycles. The van der Waals surface area contributed by atoms with Crippen molar-refractivity contribution in [2.45, 2.75) is 12.6 Å². The number of carboxylic acid groups (broad SMARTS) is 1. The van der Waals surface area contributed by atoms with E-state index in [9.17, 15) is 9.18 Å². The fourth-order valence-corrected chi connectivity index (χ4v) is 2.09. The Morgan fingerprint density at radius 1 is 1.61 bits per heavy atom. The molecule has 0 spiro atoms. The smallest absolute Gasteiger partial charge is 0.334 e. The molecule has 0 aliphatic carbocycles. The normalized spacial score (nSPS) is 20.9. The number of hydrogen-bond donors (Lipinski definition) is 1. The molecule has 0 bridgehead atoms. The monoisotopic (exact) mass is 273 g/mol. The van der Waals surface area contributed by atoms with Crippen molar-refractivity contribution < 1.29 is 19.0 Å². The fraction of sp³-hybridized carbons (Fsp3) is 0.417. The summed E-state index contributed by atoms with van der Waals surface area (Å²) >= 11 is 5.86. The van der Waals surface area contributed by atoms with Crippen LogP contribution < -0.4 is 0 Å². The lowest BCUT2D eigenvalue weighted by Gasteiger charge is -2.30. The summed E-state index contributed by atoms with van der Waals surface area (Å²) in [5, 5.41) is 8.98. The van der Waals surface area contributed by atoms with Crippen LogP contribution in [-0.4, -0.2) is 41.8 Å². The molecule has 0 saturated carbocycles. The minimum Gasteiger partial charge on any atom is -0.479 e. The second-order valence-electron chi connectivity index (χ2n) is 4.15. The lowest BCUT2D eigenvalue weighted by Crippen LogP contribution is -2.45. The van der Waals surface area contributed by atoms with Crippen LogP contribution in [0.25, 0.3) is 0 Å². The van der Waals surface area contributed by atoms with E-state index < -0.39 is 17.9 Å². The number of morpholine rings is 1. The number of aliphatic carboxylic acids is 1. The first kappa shape index (κ1) is 13.3. The van der Waals surface area contributed by atoms with Crippen LogP contribution in [-0.2, 0) is 16.1 Å². The van der Waals surface area contributed by atoms with Crippen LogP contribution >= 0.6 is 11.6 Å². The van der Waals surface area contributed by atoms with E-state index in [4.69, 9.17) is 21.4 Å². The molecule has 1 saturated heterocycles. The van der Waals surface area contributed by atoms with Gasteiger partial charge in [0.05, 0.1) is 11.6 Å². The molecule has 1 aliphatic rings. The van der Waals surface area contributed by atoms with Gasteiger partial charge in [-0.1, -0.05) is 23.7 Å². The van der Waals surface area contributed by atoms with E-state index in [0.717, 1.165) is 0 Å². The Hall–Kier alpha value is -1.17. The Morgan fingerprint density at radius 2 is 2.39 bits per heavy atom. The number of rotatable bonds is 3. The van der Waals surface area contributed by atoms with Gasteiger partial charge in [-0.25, -0.2) is 9.18 Å². The Balaban J connectivity index is 2.05. The average molecular weight is 274 g/mol. The zero-order valence-corrected chi connectivity index (χ0v) is 10.4. The molecule has 1 heterocycles. The van der Waals surface area contributed by atoms with Crippen molar-refractivity contribution in [3.05, 3.63) is 34.6 Å². The summed E-state index contributed by atoms with van der Waals surface area (Å²) in [6, 6.07) is 4.62. The lowest BCUT2D eigenvalue weighted by atomic mass is 10.2. The van der Waals surface area contributed by atoms with Gasteiger partial charge in [-0.3, -0.25) is 4.90 Å². The topological polar surface area (TPSA) is 49.8 Å². The molecule has 1 fully saturated rings. The van der Waals surface area contributed by atoms with Crippen molar-refractivity contribution >= 4 is 17.6 Å². The van der Waals surface area contributed by atoms with Crippen LogP contribution in [0.5, 0.6) is 0 Å². The standard InChI is InChI=1S/C12H13ClFNO3/c13-11-8(2-1-3-9(11)14)6-15-4-5-18-10(7-15)12(16)17/h1-3,10H,4-7H2,(H,16,17). The first-order valence-electron chi connectivity index (χ1n) is 5.57. The van der Waals surface area contributed by atoms with Gasteiger partial charge in [0.2, 0.25) is 0 Å². The van der Waals surface area contributed by atoms with Crippen LogP contribution in [0.2, 0.25) is 5.02 Å². The highest BCUT2D eigenvalue weighted by molar-refractivity contribution is 6.31. The van der Waals surface area contributed by atoms with E-state index in [1.165, 1.54) is 6.07 Å². The molecule has 4 nitrogen and oxygen atoms in total. The molecule has 1 N–H and O–H groups in total. The van der Waals surface area contributed by atoms with E-state index in [2.05, 4.69) is 0 Å². The third kappa shape index (κ3) is 2.98. The van der Waals surface area contributed by atoms with E-state index in [0.29, 0.717) is 25.3 Å². The summed E-state index contributed by atoms with van der Waals surface area (Å²) < 4.78 is 18.4. The molecule has 1 unspecified atom stereocenters. The molecule has 0 radical (unpaired) electrons. The number of carbonyl (C=O) groups is 1. The Kier molecular flexibility index (Phi) is 4.16. The van der Waals surface area contributed by atoms with Crippen molar-refractivity contribution in [1.29, 1.82) is 0 Å². The zero-order valence-electron chi connectivity index (χ0n) is 9.60. The van der Waals surface area contributed by atoms with Crippen molar-refractivity contribution in [2.24, 2.45) is 0 Å². The number of halogens is 2.